The molecule has 0 aliphatic carbocycles. The molecular weight excluding hydrogens is 446 g/mol. The largest absolute Gasteiger partial charge is 1.00 e. The molecular formula is C25H37ClNO6-. The van der Waals surface area contributed by atoms with E-state index in [2.05, 4.69) is 5.32 Å². The molecule has 0 amide bonds. The van der Waals surface area contributed by atoms with Crippen molar-refractivity contribution in [3.05, 3.63) is 29.3 Å². The van der Waals surface area contributed by atoms with Gasteiger partial charge in [0.05, 0.1) is 13.2 Å². The normalized spacial score (nSPS) is 18.5. The Kier molecular flexibility index (Phi) is 13.1. The van der Waals surface area contributed by atoms with Crippen LogP contribution in [0.1, 0.15) is 75.2 Å². The lowest BCUT2D eigenvalue weighted by atomic mass is 10.0. The number of aliphatic hydroxyl groups is 1. The number of carbonyl (C=O) groups is 2. The number of rotatable bonds is 7. The zero-order valence-corrected chi connectivity index (χ0v) is 20.8. The maximum Gasteiger partial charge on any atom is 0.342 e. The van der Waals surface area contributed by atoms with Gasteiger partial charge in [0.2, 0.25) is 0 Å². The quantitative estimate of drug-likeness (QED) is 0.558. The highest BCUT2D eigenvalue weighted by Crippen LogP contribution is 2.32. The lowest BCUT2D eigenvalue weighted by Gasteiger charge is -2.20. The van der Waals surface area contributed by atoms with Gasteiger partial charge in [-0.05, 0) is 44.2 Å². The number of esters is 1. The lowest BCUT2D eigenvalue weighted by Crippen LogP contribution is -3.00. The van der Waals surface area contributed by atoms with Crippen molar-refractivity contribution in [2.45, 2.75) is 77.5 Å². The third-order valence-corrected chi connectivity index (χ3v) is 5.24. The van der Waals surface area contributed by atoms with Crippen LogP contribution >= 0.6 is 0 Å². The Bertz CT molecular complexity index is 795. The van der Waals surface area contributed by atoms with Crippen LogP contribution in [-0.2, 0) is 9.53 Å². The molecule has 0 radical (unpaired) electrons. The Balaban J connectivity index is 0.00000544. The van der Waals surface area contributed by atoms with Gasteiger partial charge in [0, 0.05) is 31.5 Å². The Hall–Kier alpha value is -2.09. The number of carbonyl (C=O) groups excluding carboxylic acids is 2. The number of hydrogen-bond donors (Lipinski definition) is 2. The standard InChI is InChI=1S/C25H37NO6.ClH/c1-17(2)26-15-21(28)16-31-23-14-22(30-4)13-19-10-6-5-7-11-20(27)12-8-9-18(3)32-25(29)24(19)23;/h6,10,13-14,17-18,21,26,28H,5,7-9,11-12,15-16H2,1-4H3;1H/p-1/t18-,21?;/m0./s1. The van der Waals surface area contributed by atoms with Crippen molar-refractivity contribution in [3.8, 4) is 11.5 Å². The first-order valence-corrected chi connectivity index (χ1v) is 11.5. The topological polar surface area (TPSA) is 94.1 Å². The van der Waals surface area contributed by atoms with Gasteiger partial charge in [-0.2, -0.15) is 0 Å². The number of Topliss-reactive ketones (excluding diaryl/α,β-unsaturated/α-hetero) is 1. The third-order valence-electron chi connectivity index (χ3n) is 5.24. The Labute approximate surface area is 203 Å². The molecule has 186 valence electrons. The van der Waals surface area contributed by atoms with Crippen LogP contribution in [0.4, 0.5) is 0 Å². The number of ketones is 1. The van der Waals surface area contributed by atoms with Gasteiger partial charge in [0.15, 0.2) is 0 Å². The number of hydrogen-bond acceptors (Lipinski definition) is 7. The fraction of sp³-hybridized carbons (Fsp3) is 0.600. The first-order valence-electron chi connectivity index (χ1n) is 11.5. The van der Waals surface area contributed by atoms with Crippen molar-refractivity contribution in [1.82, 2.24) is 5.32 Å². The summed E-state index contributed by atoms with van der Waals surface area (Å²) < 4.78 is 17.0. The minimum Gasteiger partial charge on any atom is -1.00 e. The molecule has 0 bridgehead atoms. The van der Waals surface area contributed by atoms with E-state index in [0.29, 0.717) is 54.9 Å². The summed E-state index contributed by atoms with van der Waals surface area (Å²) in [4.78, 5) is 25.1. The summed E-state index contributed by atoms with van der Waals surface area (Å²) in [5.41, 5.74) is 0.931. The molecule has 7 nitrogen and oxygen atoms in total. The highest BCUT2D eigenvalue weighted by atomic mass is 35.5. The van der Waals surface area contributed by atoms with E-state index in [1.54, 1.807) is 19.2 Å². The summed E-state index contributed by atoms with van der Waals surface area (Å²) >= 11 is 0. The molecule has 0 fully saturated rings. The van der Waals surface area contributed by atoms with Crippen LogP contribution in [0.3, 0.4) is 0 Å². The second-order valence-electron chi connectivity index (χ2n) is 8.56. The maximum atomic E-state index is 13.1. The van der Waals surface area contributed by atoms with Gasteiger partial charge >= 0.3 is 5.97 Å². The van der Waals surface area contributed by atoms with E-state index in [-0.39, 0.29) is 36.9 Å². The number of nitrogens with one attached hydrogen (secondary N) is 1. The van der Waals surface area contributed by atoms with Crippen molar-refractivity contribution < 1.29 is 41.3 Å². The first kappa shape index (κ1) is 28.9. The average molecular weight is 483 g/mol. The zero-order chi connectivity index (χ0) is 23.5. The molecule has 1 aliphatic heterocycles. The maximum absolute atomic E-state index is 13.1. The first-order chi connectivity index (χ1) is 15.3. The van der Waals surface area contributed by atoms with E-state index < -0.39 is 12.1 Å². The van der Waals surface area contributed by atoms with Crippen LogP contribution in [0.5, 0.6) is 11.5 Å². The van der Waals surface area contributed by atoms with Crippen molar-refractivity contribution in [2.24, 2.45) is 0 Å². The van der Waals surface area contributed by atoms with Gasteiger partial charge < -0.3 is 37.0 Å². The molecule has 1 aromatic rings. The molecule has 0 saturated carbocycles. The molecule has 1 heterocycles. The number of ether oxygens (including phenoxy) is 3. The summed E-state index contributed by atoms with van der Waals surface area (Å²) in [7, 11) is 1.55. The number of methoxy groups -OCH3 is 1. The Morgan fingerprint density at radius 2 is 1.94 bits per heavy atom. The molecule has 0 aromatic heterocycles. The fourth-order valence-electron chi connectivity index (χ4n) is 3.45. The SMILES string of the molecule is COc1cc2c(c(OCC(O)CNC(C)C)c1)C(=O)O[C@@H](C)CCCC(=O)CCCC=C2.[Cl-]. The minimum absolute atomic E-state index is 0. The van der Waals surface area contributed by atoms with Gasteiger partial charge in [0.25, 0.3) is 0 Å². The smallest absolute Gasteiger partial charge is 0.342 e. The highest BCUT2D eigenvalue weighted by molar-refractivity contribution is 5.97. The van der Waals surface area contributed by atoms with Crippen LogP contribution in [0, 0.1) is 0 Å². The number of aliphatic hydroxyl groups excluding tert-OH is 1. The van der Waals surface area contributed by atoms with Crippen LogP contribution in [0.25, 0.3) is 6.08 Å². The van der Waals surface area contributed by atoms with Gasteiger partial charge in [-0.15, -0.1) is 0 Å². The van der Waals surface area contributed by atoms with Gasteiger partial charge in [-0.25, -0.2) is 4.79 Å². The number of fused-ring (bicyclic) bond motifs is 1. The van der Waals surface area contributed by atoms with Crippen molar-refractivity contribution in [3.63, 3.8) is 0 Å². The van der Waals surface area contributed by atoms with E-state index >= 15 is 0 Å². The van der Waals surface area contributed by atoms with Crippen LogP contribution in [-0.4, -0.2) is 55.4 Å². The Morgan fingerprint density at radius 3 is 2.64 bits per heavy atom. The van der Waals surface area contributed by atoms with Crippen molar-refractivity contribution in [1.29, 1.82) is 0 Å². The summed E-state index contributed by atoms with van der Waals surface area (Å²) in [6, 6.07) is 3.65. The van der Waals surface area contributed by atoms with Crippen LogP contribution < -0.4 is 27.2 Å². The van der Waals surface area contributed by atoms with E-state index in [1.165, 1.54) is 0 Å². The van der Waals surface area contributed by atoms with Gasteiger partial charge in [-0.3, -0.25) is 4.79 Å². The molecule has 0 spiro atoms. The third kappa shape index (κ3) is 10.2. The molecule has 2 rings (SSSR count). The molecule has 33 heavy (non-hydrogen) atoms. The van der Waals surface area contributed by atoms with E-state index in [1.807, 2.05) is 32.9 Å². The number of cyclic esters (lactones) is 1. The molecule has 2 N–H and O–H groups in total. The summed E-state index contributed by atoms with van der Waals surface area (Å²) in [5.74, 6) is 0.604. The zero-order valence-electron chi connectivity index (χ0n) is 20.1. The van der Waals surface area contributed by atoms with Crippen molar-refractivity contribution >= 4 is 17.8 Å². The second-order valence-corrected chi connectivity index (χ2v) is 8.56. The molecule has 0 saturated heterocycles. The highest BCUT2D eigenvalue weighted by Gasteiger charge is 2.23. The minimum atomic E-state index is -0.735. The lowest BCUT2D eigenvalue weighted by molar-refractivity contribution is -0.119. The summed E-state index contributed by atoms with van der Waals surface area (Å²) in [6.07, 6.45) is 6.59. The molecule has 1 aliphatic rings. The predicted molar refractivity (Wildman–Crippen MR) is 124 cm³/mol. The van der Waals surface area contributed by atoms with Crippen LogP contribution in [0.15, 0.2) is 18.2 Å². The number of halogens is 1. The van der Waals surface area contributed by atoms with E-state index in [9.17, 15) is 14.7 Å². The predicted octanol–water partition coefficient (Wildman–Crippen LogP) is 0.919. The molecule has 8 heteroatoms. The molecule has 1 aromatic carbocycles. The fourth-order valence-corrected chi connectivity index (χ4v) is 3.45. The van der Waals surface area contributed by atoms with Crippen LogP contribution in [0.2, 0.25) is 0 Å². The number of benzene rings is 1. The molecule has 1 unspecified atom stereocenters. The van der Waals surface area contributed by atoms with E-state index in [0.717, 1.165) is 12.8 Å². The average Bonchev–Trinajstić information content (AvgIpc) is 2.74. The monoisotopic (exact) mass is 482 g/mol. The van der Waals surface area contributed by atoms with E-state index in [4.69, 9.17) is 14.2 Å². The van der Waals surface area contributed by atoms with Gasteiger partial charge in [0.1, 0.15) is 35.6 Å². The molecule has 2 atom stereocenters. The Morgan fingerprint density at radius 1 is 1.21 bits per heavy atom. The number of allylic oxidation sites excluding steroid dienone is 1. The van der Waals surface area contributed by atoms with Crippen molar-refractivity contribution in [2.75, 3.05) is 20.3 Å². The second kappa shape index (κ2) is 14.9. The summed E-state index contributed by atoms with van der Waals surface area (Å²) in [6.45, 7) is 6.23. The summed E-state index contributed by atoms with van der Waals surface area (Å²) in [5, 5.41) is 13.4. The van der Waals surface area contributed by atoms with Gasteiger partial charge in [-0.1, -0.05) is 26.0 Å².